The molecular formula is C7H10N2O. The van der Waals surface area contributed by atoms with Crippen molar-refractivity contribution < 1.29 is 4.79 Å². The Bertz CT molecular complexity index is 243. The molecule has 54 valence electrons. The van der Waals surface area contributed by atoms with Crippen LogP contribution in [0.25, 0.3) is 0 Å². The summed E-state index contributed by atoms with van der Waals surface area (Å²) in [4.78, 5) is 10.8. The molecule has 0 atom stereocenters. The van der Waals surface area contributed by atoms with Gasteiger partial charge in [-0.3, -0.25) is 4.79 Å². The molecular weight excluding hydrogens is 128 g/mol. The Morgan fingerprint density at radius 1 is 1.70 bits per heavy atom. The minimum atomic E-state index is 0.00463. The van der Waals surface area contributed by atoms with E-state index in [1.807, 2.05) is 0 Å². The normalized spacial score (nSPS) is 9.80. The van der Waals surface area contributed by atoms with E-state index in [2.05, 4.69) is 0 Å². The maximum Gasteiger partial charge on any atom is 0.178 e. The molecule has 1 aromatic heterocycles. The molecule has 2 N–H and O–H groups in total. The van der Waals surface area contributed by atoms with Crippen molar-refractivity contribution >= 4 is 11.5 Å². The Morgan fingerprint density at radius 2 is 2.30 bits per heavy atom. The molecule has 1 rings (SSSR count). The van der Waals surface area contributed by atoms with Crippen molar-refractivity contribution in [3.63, 3.8) is 0 Å². The number of carbonyl (C=O) groups excluding carboxylic acids is 1. The lowest BCUT2D eigenvalue weighted by molar-refractivity contribution is 0.101. The second kappa shape index (κ2) is 2.17. The topological polar surface area (TPSA) is 48.0 Å². The number of nitrogen functional groups attached to an aromatic ring is 1. The summed E-state index contributed by atoms with van der Waals surface area (Å²) in [7, 11) is 1.80. The Kier molecular flexibility index (Phi) is 1.49. The lowest BCUT2D eigenvalue weighted by Gasteiger charge is -1.97. The first-order chi connectivity index (χ1) is 4.63. The second-order valence-corrected chi connectivity index (χ2v) is 2.29. The van der Waals surface area contributed by atoms with Gasteiger partial charge in [0, 0.05) is 20.2 Å². The molecule has 0 aliphatic heterocycles. The summed E-state index contributed by atoms with van der Waals surface area (Å²) in [5.41, 5.74) is 6.63. The van der Waals surface area contributed by atoms with Gasteiger partial charge >= 0.3 is 0 Å². The van der Waals surface area contributed by atoms with Crippen LogP contribution in [0.15, 0.2) is 12.3 Å². The zero-order valence-corrected chi connectivity index (χ0v) is 6.09. The molecule has 3 heteroatoms. The molecule has 0 saturated carbocycles. The lowest BCUT2D eigenvalue weighted by Crippen LogP contribution is -2.03. The Labute approximate surface area is 59.4 Å². The molecule has 10 heavy (non-hydrogen) atoms. The summed E-state index contributed by atoms with van der Waals surface area (Å²) in [6.45, 7) is 1.51. The fraction of sp³-hybridized carbons (Fsp3) is 0.286. The summed E-state index contributed by atoms with van der Waals surface area (Å²) in [5.74, 6) is 0.00463. The maximum absolute atomic E-state index is 10.8. The summed E-state index contributed by atoms with van der Waals surface area (Å²) in [6.07, 6.45) is 1.77. The highest BCUT2D eigenvalue weighted by molar-refractivity contribution is 5.97. The van der Waals surface area contributed by atoms with Crippen molar-refractivity contribution in [3.8, 4) is 0 Å². The van der Waals surface area contributed by atoms with Crippen molar-refractivity contribution in [1.29, 1.82) is 0 Å². The number of anilines is 1. The summed E-state index contributed by atoms with van der Waals surface area (Å²) in [6, 6.07) is 1.72. The van der Waals surface area contributed by atoms with Crippen molar-refractivity contribution in [3.05, 3.63) is 18.0 Å². The van der Waals surface area contributed by atoms with Crippen molar-refractivity contribution in [2.24, 2.45) is 7.05 Å². The lowest BCUT2D eigenvalue weighted by atomic mass is 10.3. The minimum absolute atomic E-state index is 0.00463. The van der Waals surface area contributed by atoms with E-state index >= 15 is 0 Å². The van der Waals surface area contributed by atoms with Gasteiger partial charge in [-0.1, -0.05) is 0 Å². The highest BCUT2D eigenvalue weighted by atomic mass is 16.1. The van der Waals surface area contributed by atoms with Crippen LogP contribution in [0.2, 0.25) is 0 Å². The molecule has 1 aromatic rings. The number of carbonyl (C=O) groups is 1. The van der Waals surface area contributed by atoms with Crippen LogP contribution in [-0.2, 0) is 7.05 Å². The average Bonchev–Trinajstić information content (AvgIpc) is 2.11. The van der Waals surface area contributed by atoms with Gasteiger partial charge in [-0.25, -0.2) is 0 Å². The molecule has 0 aliphatic rings. The molecule has 0 aliphatic carbocycles. The average molecular weight is 138 g/mol. The third kappa shape index (κ3) is 0.900. The number of nitrogens with two attached hydrogens (primary N) is 1. The molecule has 0 radical (unpaired) electrons. The zero-order valence-electron chi connectivity index (χ0n) is 6.09. The maximum atomic E-state index is 10.8. The van der Waals surface area contributed by atoms with Crippen LogP contribution in [0.3, 0.4) is 0 Å². The standard InChI is InChI=1S/C7H10N2O/c1-5(10)7-6(8)3-4-9(7)2/h3-4H,8H2,1-2H3. The van der Waals surface area contributed by atoms with Gasteiger partial charge < -0.3 is 10.3 Å². The highest BCUT2D eigenvalue weighted by Gasteiger charge is 2.06. The van der Waals surface area contributed by atoms with Crippen molar-refractivity contribution in [2.45, 2.75) is 6.92 Å². The molecule has 1 heterocycles. The van der Waals surface area contributed by atoms with E-state index in [1.54, 1.807) is 23.9 Å². The first kappa shape index (κ1) is 6.86. The minimum Gasteiger partial charge on any atom is -0.397 e. The van der Waals surface area contributed by atoms with Crippen LogP contribution in [0, 0.1) is 0 Å². The van der Waals surface area contributed by atoms with Gasteiger partial charge in [-0.05, 0) is 6.07 Å². The van der Waals surface area contributed by atoms with Crippen molar-refractivity contribution in [2.75, 3.05) is 5.73 Å². The fourth-order valence-corrected chi connectivity index (χ4v) is 1.00. The third-order valence-electron chi connectivity index (χ3n) is 1.44. The first-order valence-electron chi connectivity index (χ1n) is 3.04. The second-order valence-electron chi connectivity index (χ2n) is 2.29. The van der Waals surface area contributed by atoms with Crippen LogP contribution in [0.1, 0.15) is 17.4 Å². The molecule has 0 bridgehead atoms. The zero-order chi connectivity index (χ0) is 7.72. The van der Waals surface area contributed by atoms with E-state index in [9.17, 15) is 4.79 Å². The van der Waals surface area contributed by atoms with E-state index in [-0.39, 0.29) is 5.78 Å². The monoisotopic (exact) mass is 138 g/mol. The summed E-state index contributed by atoms with van der Waals surface area (Å²) in [5, 5.41) is 0. The van der Waals surface area contributed by atoms with Crippen LogP contribution < -0.4 is 5.73 Å². The number of aromatic nitrogens is 1. The van der Waals surface area contributed by atoms with E-state index in [1.165, 1.54) is 6.92 Å². The predicted molar refractivity (Wildman–Crippen MR) is 39.8 cm³/mol. The molecule has 0 unspecified atom stereocenters. The van der Waals surface area contributed by atoms with Crippen molar-refractivity contribution in [1.82, 2.24) is 4.57 Å². The number of Topliss-reactive ketones (excluding diaryl/α,β-unsaturated/α-hetero) is 1. The number of nitrogens with zero attached hydrogens (tertiary/aromatic N) is 1. The number of aryl methyl sites for hydroxylation is 1. The summed E-state index contributed by atoms with van der Waals surface area (Å²) >= 11 is 0. The van der Waals surface area contributed by atoms with Gasteiger partial charge in [0.15, 0.2) is 5.78 Å². The molecule has 0 amide bonds. The molecule has 0 fully saturated rings. The van der Waals surface area contributed by atoms with Gasteiger partial charge in [0.1, 0.15) is 5.69 Å². The molecule has 0 aromatic carbocycles. The van der Waals surface area contributed by atoms with Gasteiger partial charge in [0.2, 0.25) is 0 Å². The van der Waals surface area contributed by atoms with Gasteiger partial charge in [-0.2, -0.15) is 0 Å². The SMILES string of the molecule is CC(=O)c1c(N)ccn1C. The van der Waals surface area contributed by atoms with Crippen LogP contribution in [-0.4, -0.2) is 10.4 Å². The quantitative estimate of drug-likeness (QED) is 0.584. The fourth-order valence-electron chi connectivity index (χ4n) is 1.00. The molecule has 3 nitrogen and oxygen atoms in total. The van der Waals surface area contributed by atoms with E-state index in [0.717, 1.165) is 0 Å². The van der Waals surface area contributed by atoms with E-state index < -0.39 is 0 Å². The van der Waals surface area contributed by atoms with Crippen LogP contribution in [0.4, 0.5) is 5.69 Å². The molecule has 0 spiro atoms. The van der Waals surface area contributed by atoms with Gasteiger partial charge in [0.25, 0.3) is 0 Å². The molecule has 0 saturated heterocycles. The van der Waals surface area contributed by atoms with Gasteiger partial charge in [-0.15, -0.1) is 0 Å². The number of rotatable bonds is 1. The van der Waals surface area contributed by atoms with Crippen LogP contribution >= 0.6 is 0 Å². The van der Waals surface area contributed by atoms with E-state index in [4.69, 9.17) is 5.73 Å². The number of hydrogen-bond acceptors (Lipinski definition) is 2. The van der Waals surface area contributed by atoms with Crippen LogP contribution in [0.5, 0.6) is 0 Å². The Balaban J connectivity index is 3.23. The van der Waals surface area contributed by atoms with E-state index in [0.29, 0.717) is 11.4 Å². The highest BCUT2D eigenvalue weighted by Crippen LogP contribution is 2.11. The summed E-state index contributed by atoms with van der Waals surface area (Å²) < 4.78 is 1.72. The first-order valence-corrected chi connectivity index (χ1v) is 3.04. The Hall–Kier alpha value is -1.25. The smallest absolute Gasteiger partial charge is 0.178 e. The van der Waals surface area contributed by atoms with Gasteiger partial charge in [0.05, 0.1) is 5.69 Å². The third-order valence-corrected chi connectivity index (χ3v) is 1.44. The largest absolute Gasteiger partial charge is 0.397 e. The Morgan fingerprint density at radius 3 is 2.50 bits per heavy atom. The number of ketones is 1. The number of hydrogen-bond donors (Lipinski definition) is 1. The predicted octanol–water partition coefficient (Wildman–Crippen LogP) is 0.810.